The summed E-state index contributed by atoms with van der Waals surface area (Å²) in [6.07, 6.45) is 0.724. The van der Waals surface area contributed by atoms with E-state index in [4.69, 9.17) is 27.9 Å². The molecule has 0 spiro atoms. The van der Waals surface area contributed by atoms with E-state index in [0.717, 1.165) is 23.4 Å². The first kappa shape index (κ1) is 16.6. The predicted molar refractivity (Wildman–Crippen MR) is 86.7 cm³/mol. The monoisotopic (exact) mass is 341 g/mol. The fourth-order valence-corrected chi connectivity index (χ4v) is 2.52. The number of hydrogen-bond acceptors (Lipinski definition) is 3. The summed E-state index contributed by atoms with van der Waals surface area (Å²) in [6.45, 7) is 4.33. The summed E-state index contributed by atoms with van der Waals surface area (Å²) in [5.74, 6) is 0.229. The first-order chi connectivity index (χ1) is 10.5. The molecule has 2 aromatic rings. The summed E-state index contributed by atoms with van der Waals surface area (Å²) < 4.78 is 5.37. The fraction of sp³-hybridized carbons (Fsp3) is 0.333. The van der Waals surface area contributed by atoms with Crippen LogP contribution < -0.4 is 10.1 Å². The van der Waals surface area contributed by atoms with Crippen molar-refractivity contribution >= 4 is 29.1 Å². The lowest BCUT2D eigenvalue weighted by atomic mass is 10.1. The molecule has 0 aliphatic carbocycles. The highest BCUT2D eigenvalue weighted by Crippen LogP contribution is 2.27. The molecule has 22 heavy (non-hydrogen) atoms. The Kier molecular flexibility index (Phi) is 5.69. The van der Waals surface area contributed by atoms with Crippen LogP contribution in [0.25, 0.3) is 0 Å². The number of amides is 1. The Morgan fingerprint density at radius 1 is 1.36 bits per heavy atom. The van der Waals surface area contributed by atoms with E-state index in [9.17, 15) is 4.79 Å². The molecule has 2 N–H and O–H groups in total. The summed E-state index contributed by atoms with van der Waals surface area (Å²) in [6, 6.07) is 4.86. The number of ether oxygens (including phenoxy) is 1. The number of nitrogens with zero attached hydrogens (tertiary/aromatic N) is 1. The zero-order chi connectivity index (χ0) is 16.1. The van der Waals surface area contributed by atoms with Crippen molar-refractivity contribution in [1.29, 1.82) is 0 Å². The Bertz CT molecular complexity index is 651. The van der Waals surface area contributed by atoms with E-state index in [1.807, 2.05) is 13.8 Å². The van der Waals surface area contributed by atoms with Gasteiger partial charge in [0.05, 0.1) is 10.7 Å². The average Bonchev–Trinajstić information content (AvgIpc) is 2.78. The van der Waals surface area contributed by atoms with Crippen molar-refractivity contribution in [3.05, 3.63) is 45.2 Å². The van der Waals surface area contributed by atoms with Gasteiger partial charge in [-0.1, -0.05) is 23.2 Å². The summed E-state index contributed by atoms with van der Waals surface area (Å²) in [5.41, 5.74) is 3.11. The molecule has 0 fully saturated rings. The Morgan fingerprint density at radius 2 is 2.14 bits per heavy atom. The third-order valence-corrected chi connectivity index (χ3v) is 3.76. The smallest absolute Gasteiger partial charge is 0.257 e. The van der Waals surface area contributed by atoms with Gasteiger partial charge in [0.2, 0.25) is 0 Å². The van der Waals surface area contributed by atoms with Crippen molar-refractivity contribution in [2.24, 2.45) is 0 Å². The van der Waals surface area contributed by atoms with Crippen molar-refractivity contribution in [2.45, 2.75) is 20.3 Å². The number of halogens is 2. The number of aryl methyl sites for hydroxylation is 2. The lowest BCUT2D eigenvalue weighted by Crippen LogP contribution is -2.30. The zero-order valence-electron chi connectivity index (χ0n) is 12.4. The molecule has 118 valence electrons. The number of hydrogen-bond donors (Lipinski definition) is 2. The zero-order valence-corrected chi connectivity index (χ0v) is 13.9. The number of carbonyl (C=O) groups is 1. The van der Waals surface area contributed by atoms with E-state index in [0.29, 0.717) is 22.3 Å². The molecular weight excluding hydrogens is 325 g/mol. The van der Waals surface area contributed by atoms with Gasteiger partial charge >= 0.3 is 0 Å². The third kappa shape index (κ3) is 4.39. The number of nitrogens with one attached hydrogen (secondary N) is 2. The van der Waals surface area contributed by atoms with E-state index in [2.05, 4.69) is 15.5 Å². The van der Waals surface area contributed by atoms with Crippen LogP contribution in [0.5, 0.6) is 5.75 Å². The van der Waals surface area contributed by atoms with E-state index in [-0.39, 0.29) is 12.5 Å². The van der Waals surface area contributed by atoms with Gasteiger partial charge in [-0.25, -0.2) is 0 Å². The van der Waals surface area contributed by atoms with Gasteiger partial charge in [-0.3, -0.25) is 9.89 Å². The molecule has 0 bridgehead atoms. The molecule has 0 radical (unpaired) electrons. The molecule has 5 nitrogen and oxygen atoms in total. The molecule has 0 saturated heterocycles. The Labute approximate surface area is 139 Å². The minimum absolute atomic E-state index is 0.0926. The second kappa shape index (κ2) is 7.51. The predicted octanol–water partition coefficient (Wildman–Crippen LogP) is 3.07. The number of rotatable bonds is 6. The second-order valence-corrected chi connectivity index (χ2v) is 5.72. The lowest BCUT2D eigenvalue weighted by molar-refractivity contribution is -0.123. The number of benzene rings is 1. The third-order valence-electron chi connectivity index (χ3n) is 3.23. The van der Waals surface area contributed by atoms with E-state index < -0.39 is 0 Å². The minimum atomic E-state index is -0.204. The maximum absolute atomic E-state index is 11.8. The molecule has 1 aromatic carbocycles. The van der Waals surface area contributed by atoms with Crippen LogP contribution in [-0.4, -0.2) is 29.3 Å². The SMILES string of the molecule is Cc1n[nH]c(C)c1CCNC(=O)COc1ccc(Cl)cc1Cl. The van der Waals surface area contributed by atoms with Gasteiger partial charge in [-0.05, 0) is 44.0 Å². The highest BCUT2D eigenvalue weighted by Gasteiger charge is 2.08. The van der Waals surface area contributed by atoms with E-state index in [1.54, 1.807) is 18.2 Å². The van der Waals surface area contributed by atoms with Crippen LogP contribution in [0.2, 0.25) is 10.0 Å². The summed E-state index contributed by atoms with van der Waals surface area (Å²) >= 11 is 11.8. The second-order valence-electron chi connectivity index (χ2n) is 4.88. The number of carbonyl (C=O) groups excluding carboxylic acids is 1. The fourth-order valence-electron chi connectivity index (χ4n) is 2.06. The van der Waals surface area contributed by atoms with E-state index >= 15 is 0 Å². The molecule has 2 rings (SSSR count). The molecule has 0 atom stereocenters. The van der Waals surface area contributed by atoms with E-state index in [1.165, 1.54) is 0 Å². The van der Waals surface area contributed by atoms with Crippen LogP contribution in [-0.2, 0) is 11.2 Å². The van der Waals surface area contributed by atoms with Gasteiger partial charge in [-0.2, -0.15) is 5.10 Å². The summed E-state index contributed by atoms with van der Waals surface area (Å²) in [7, 11) is 0. The molecule has 0 unspecified atom stereocenters. The largest absolute Gasteiger partial charge is 0.482 e. The molecule has 0 aliphatic rings. The van der Waals surface area contributed by atoms with Gasteiger partial charge in [-0.15, -0.1) is 0 Å². The number of aromatic nitrogens is 2. The lowest BCUT2D eigenvalue weighted by Gasteiger charge is -2.09. The average molecular weight is 342 g/mol. The van der Waals surface area contributed by atoms with Crippen molar-refractivity contribution in [2.75, 3.05) is 13.2 Å². The molecular formula is C15H17Cl2N3O2. The molecule has 7 heteroatoms. The van der Waals surface area contributed by atoms with Gasteiger partial charge in [0.1, 0.15) is 5.75 Å². The van der Waals surface area contributed by atoms with Crippen LogP contribution in [0.3, 0.4) is 0 Å². The van der Waals surface area contributed by atoms with Crippen LogP contribution in [0.1, 0.15) is 17.0 Å². The maximum atomic E-state index is 11.8. The number of aromatic amines is 1. The Balaban J connectivity index is 1.76. The molecule has 1 amide bonds. The van der Waals surface area contributed by atoms with Crippen molar-refractivity contribution in [3.63, 3.8) is 0 Å². The first-order valence-corrected chi connectivity index (χ1v) is 7.58. The quantitative estimate of drug-likeness (QED) is 0.848. The van der Waals surface area contributed by atoms with Crippen LogP contribution in [0.15, 0.2) is 18.2 Å². The molecule has 0 aliphatic heterocycles. The normalized spacial score (nSPS) is 10.5. The van der Waals surface area contributed by atoms with Crippen LogP contribution in [0, 0.1) is 13.8 Å². The maximum Gasteiger partial charge on any atom is 0.257 e. The summed E-state index contributed by atoms with van der Waals surface area (Å²) in [5, 5.41) is 10.7. The van der Waals surface area contributed by atoms with Crippen LogP contribution in [0.4, 0.5) is 0 Å². The Morgan fingerprint density at radius 3 is 2.77 bits per heavy atom. The minimum Gasteiger partial charge on any atom is -0.482 e. The summed E-state index contributed by atoms with van der Waals surface area (Å²) in [4.78, 5) is 11.8. The highest BCUT2D eigenvalue weighted by molar-refractivity contribution is 6.35. The van der Waals surface area contributed by atoms with Gasteiger partial charge < -0.3 is 10.1 Å². The number of H-pyrrole nitrogens is 1. The van der Waals surface area contributed by atoms with Gasteiger partial charge in [0, 0.05) is 17.3 Å². The highest BCUT2D eigenvalue weighted by atomic mass is 35.5. The topological polar surface area (TPSA) is 67.0 Å². The van der Waals surface area contributed by atoms with Crippen molar-refractivity contribution in [1.82, 2.24) is 15.5 Å². The first-order valence-electron chi connectivity index (χ1n) is 6.82. The van der Waals surface area contributed by atoms with Crippen molar-refractivity contribution < 1.29 is 9.53 Å². The van der Waals surface area contributed by atoms with Crippen LogP contribution >= 0.6 is 23.2 Å². The molecule has 1 heterocycles. The Hall–Kier alpha value is -1.72. The van der Waals surface area contributed by atoms with Crippen molar-refractivity contribution in [3.8, 4) is 5.75 Å². The molecule has 0 saturated carbocycles. The van der Waals surface area contributed by atoms with Gasteiger partial charge in [0.15, 0.2) is 6.61 Å². The standard InChI is InChI=1S/C15H17Cl2N3O2/c1-9-12(10(2)20-19-9)5-6-18-15(21)8-22-14-4-3-11(16)7-13(14)17/h3-4,7H,5-6,8H2,1-2H3,(H,18,21)(H,19,20). The molecule has 1 aromatic heterocycles. The van der Waals surface area contributed by atoms with Gasteiger partial charge in [0.25, 0.3) is 5.91 Å².